The molecule has 2 aromatic heterocycles. The van der Waals surface area contributed by atoms with Gasteiger partial charge < -0.3 is 14.8 Å². The standard InChI is InChI=1S/C12H15N5O3S2/c1-16-8-14-15-12(16)22(19,20)10-6-17(7-10)11(18)13-5-9-3-2-4-21-9/h2-4,8,10H,5-7H2,1H3,(H,13,18). The number of nitrogens with one attached hydrogen (secondary N) is 1. The van der Waals surface area contributed by atoms with Crippen molar-refractivity contribution in [1.82, 2.24) is 25.0 Å². The van der Waals surface area contributed by atoms with Gasteiger partial charge in [0.1, 0.15) is 11.6 Å². The minimum absolute atomic E-state index is 0.0591. The monoisotopic (exact) mass is 341 g/mol. The number of amides is 2. The van der Waals surface area contributed by atoms with Gasteiger partial charge in [-0.3, -0.25) is 0 Å². The van der Waals surface area contributed by atoms with Crippen LogP contribution in [0.15, 0.2) is 29.0 Å². The molecule has 1 fully saturated rings. The van der Waals surface area contributed by atoms with Gasteiger partial charge in [0.2, 0.25) is 15.0 Å². The number of aryl methyl sites for hydroxylation is 1. The van der Waals surface area contributed by atoms with Crippen molar-refractivity contribution in [3.05, 3.63) is 28.7 Å². The minimum atomic E-state index is -3.54. The van der Waals surface area contributed by atoms with Gasteiger partial charge in [0.05, 0.1) is 6.54 Å². The molecule has 1 saturated heterocycles. The van der Waals surface area contributed by atoms with E-state index in [1.165, 1.54) is 15.8 Å². The molecule has 0 saturated carbocycles. The van der Waals surface area contributed by atoms with Gasteiger partial charge in [-0.15, -0.1) is 21.5 Å². The molecule has 1 aliphatic rings. The lowest BCUT2D eigenvalue weighted by atomic mass is 10.2. The molecule has 0 aliphatic carbocycles. The molecule has 10 heteroatoms. The Labute approximate surface area is 131 Å². The Morgan fingerprint density at radius 1 is 1.50 bits per heavy atom. The third kappa shape index (κ3) is 2.71. The number of urea groups is 1. The summed E-state index contributed by atoms with van der Waals surface area (Å²) >= 11 is 1.56. The van der Waals surface area contributed by atoms with E-state index in [2.05, 4.69) is 15.5 Å². The van der Waals surface area contributed by atoms with Crippen molar-refractivity contribution in [3.8, 4) is 0 Å². The Bertz CT molecular complexity index is 763. The van der Waals surface area contributed by atoms with Crippen LogP contribution in [0.3, 0.4) is 0 Å². The zero-order valence-corrected chi connectivity index (χ0v) is 13.5. The Morgan fingerprint density at radius 3 is 2.86 bits per heavy atom. The summed E-state index contributed by atoms with van der Waals surface area (Å²) in [5.74, 6) is 0. The predicted octanol–water partition coefficient (Wildman–Crippen LogP) is 0.244. The minimum Gasteiger partial charge on any atom is -0.333 e. The van der Waals surface area contributed by atoms with Gasteiger partial charge in [-0.25, -0.2) is 13.2 Å². The normalized spacial score (nSPS) is 15.6. The lowest BCUT2D eigenvalue weighted by molar-refractivity contribution is 0.168. The summed E-state index contributed by atoms with van der Waals surface area (Å²) in [5, 5.41) is 11.3. The quantitative estimate of drug-likeness (QED) is 0.859. The molecule has 2 aromatic rings. The van der Waals surface area contributed by atoms with Gasteiger partial charge in [-0.05, 0) is 11.4 Å². The smallest absolute Gasteiger partial charge is 0.317 e. The molecule has 0 aromatic carbocycles. The highest BCUT2D eigenvalue weighted by molar-refractivity contribution is 7.92. The topological polar surface area (TPSA) is 97.2 Å². The SMILES string of the molecule is Cn1cnnc1S(=O)(=O)C1CN(C(=O)NCc2cccs2)C1. The number of nitrogens with zero attached hydrogens (tertiary/aromatic N) is 4. The zero-order valence-electron chi connectivity index (χ0n) is 11.8. The maximum absolute atomic E-state index is 12.3. The van der Waals surface area contributed by atoms with Crippen LogP contribution in [0.1, 0.15) is 4.88 Å². The van der Waals surface area contributed by atoms with Crippen molar-refractivity contribution < 1.29 is 13.2 Å². The molecule has 0 radical (unpaired) electrons. The first-order valence-electron chi connectivity index (χ1n) is 6.61. The van der Waals surface area contributed by atoms with Crippen LogP contribution in [0.25, 0.3) is 0 Å². The molecule has 0 unspecified atom stereocenters. The number of rotatable bonds is 4. The van der Waals surface area contributed by atoms with E-state index in [-0.39, 0.29) is 24.3 Å². The molecule has 2 amide bonds. The highest BCUT2D eigenvalue weighted by Gasteiger charge is 2.42. The average molecular weight is 341 g/mol. The predicted molar refractivity (Wildman–Crippen MR) is 80.1 cm³/mol. The number of thiophene rings is 1. The van der Waals surface area contributed by atoms with Crippen LogP contribution in [0.5, 0.6) is 0 Å². The number of hydrogen-bond acceptors (Lipinski definition) is 6. The van der Waals surface area contributed by atoms with E-state index in [4.69, 9.17) is 0 Å². The fraction of sp³-hybridized carbons (Fsp3) is 0.417. The Balaban J connectivity index is 1.55. The van der Waals surface area contributed by atoms with Gasteiger partial charge in [-0.1, -0.05) is 6.07 Å². The molecular formula is C12H15N5O3S2. The summed E-state index contributed by atoms with van der Waals surface area (Å²) < 4.78 is 26.0. The highest BCUT2D eigenvalue weighted by Crippen LogP contribution is 2.22. The number of sulfone groups is 1. The van der Waals surface area contributed by atoms with Crippen molar-refractivity contribution in [3.63, 3.8) is 0 Å². The number of hydrogen-bond donors (Lipinski definition) is 1. The van der Waals surface area contributed by atoms with Crippen LogP contribution >= 0.6 is 11.3 Å². The molecule has 3 heterocycles. The second kappa shape index (κ2) is 5.69. The van der Waals surface area contributed by atoms with Crippen molar-refractivity contribution >= 4 is 27.2 Å². The third-order valence-corrected chi connectivity index (χ3v) is 6.42. The van der Waals surface area contributed by atoms with Crippen LogP contribution in [-0.4, -0.2) is 52.5 Å². The maximum atomic E-state index is 12.3. The van der Waals surface area contributed by atoms with Gasteiger partial charge in [0.25, 0.3) is 0 Å². The summed E-state index contributed by atoms with van der Waals surface area (Å²) in [6, 6.07) is 3.60. The highest BCUT2D eigenvalue weighted by atomic mass is 32.2. The third-order valence-electron chi connectivity index (χ3n) is 3.49. The lowest BCUT2D eigenvalue weighted by Crippen LogP contribution is -2.59. The van der Waals surface area contributed by atoms with Gasteiger partial charge in [0.15, 0.2) is 0 Å². The first-order chi connectivity index (χ1) is 10.5. The van der Waals surface area contributed by atoms with Crippen LogP contribution in [0, 0.1) is 0 Å². The second-order valence-corrected chi connectivity index (χ2v) is 8.19. The summed E-state index contributed by atoms with van der Waals surface area (Å²) in [6.07, 6.45) is 1.34. The van der Waals surface area contributed by atoms with E-state index in [9.17, 15) is 13.2 Å². The maximum Gasteiger partial charge on any atom is 0.317 e. The molecule has 0 bridgehead atoms. The van der Waals surface area contributed by atoms with E-state index in [1.54, 1.807) is 18.4 Å². The number of likely N-dealkylation sites (tertiary alicyclic amines) is 1. The first-order valence-corrected chi connectivity index (χ1v) is 9.04. The van der Waals surface area contributed by atoms with Crippen molar-refractivity contribution in [1.29, 1.82) is 0 Å². The van der Waals surface area contributed by atoms with Gasteiger partial charge >= 0.3 is 6.03 Å². The molecule has 118 valence electrons. The number of carbonyl (C=O) groups excluding carboxylic acids is 1. The van der Waals surface area contributed by atoms with E-state index in [1.807, 2.05) is 17.5 Å². The fourth-order valence-electron chi connectivity index (χ4n) is 2.17. The van der Waals surface area contributed by atoms with E-state index < -0.39 is 15.1 Å². The second-order valence-electron chi connectivity index (χ2n) is 5.03. The summed E-state index contributed by atoms with van der Waals surface area (Å²) in [7, 11) is -1.96. The molecular weight excluding hydrogens is 326 g/mol. The van der Waals surface area contributed by atoms with Crippen LogP contribution in [-0.2, 0) is 23.4 Å². The Hall–Kier alpha value is -1.94. The largest absolute Gasteiger partial charge is 0.333 e. The number of carbonyl (C=O) groups is 1. The van der Waals surface area contributed by atoms with Gasteiger partial charge in [0, 0.05) is 25.0 Å². The van der Waals surface area contributed by atoms with E-state index in [0.717, 1.165) is 4.88 Å². The van der Waals surface area contributed by atoms with Crippen LogP contribution in [0.2, 0.25) is 0 Å². The number of aromatic nitrogens is 3. The molecule has 1 aliphatic heterocycles. The molecule has 1 N–H and O–H groups in total. The first kappa shape index (κ1) is 15.0. The zero-order chi connectivity index (χ0) is 15.7. The van der Waals surface area contributed by atoms with Crippen molar-refractivity contribution in [2.45, 2.75) is 17.0 Å². The molecule has 0 atom stereocenters. The average Bonchev–Trinajstić information content (AvgIpc) is 3.05. The van der Waals surface area contributed by atoms with Crippen LogP contribution < -0.4 is 5.32 Å². The van der Waals surface area contributed by atoms with Crippen molar-refractivity contribution in [2.75, 3.05) is 13.1 Å². The summed E-state index contributed by atoms with van der Waals surface area (Å²) in [5.41, 5.74) is 0. The molecule has 22 heavy (non-hydrogen) atoms. The Morgan fingerprint density at radius 2 is 2.27 bits per heavy atom. The molecule has 8 nitrogen and oxygen atoms in total. The van der Waals surface area contributed by atoms with E-state index in [0.29, 0.717) is 6.54 Å². The molecule has 0 spiro atoms. The summed E-state index contributed by atoms with van der Waals surface area (Å²) in [4.78, 5) is 14.5. The van der Waals surface area contributed by atoms with E-state index >= 15 is 0 Å². The summed E-state index contributed by atoms with van der Waals surface area (Å²) in [6.45, 7) is 0.796. The van der Waals surface area contributed by atoms with Crippen LogP contribution in [0.4, 0.5) is 4.79 Å². The fourth-order valence-corrected chi connectivity index (χ4v) is 4.47. The van der Waals surface area contributed by atoms with Gasteiger partial charge in [-0.2, -0.15) is 0 Å². The Kier molecular flexibility index (Phi) is 3.87. The van der Waals surface area contributed by atoms with Crippen molar-refractivity contribution in [2.24, 2.45) is 7.05 Å². The molecule has 3 rings (SSSR count). The lowest BCUT2D eigenvalue weighted by Gasteiger charge is -2.37.